The van der Waals surface area contributed by atoms with E-state index in [0.29, 0.717) is 27.7 Å². The van der Waals surface area contributed by atoms with Crippen LogP contribution in [0, 0.1) is 25.2 Å². The molecule has 0 amide bonds. The lowest BCUT2D eigenvalue weighted by atomic mass is 10.2. The van der Waals surface area contributed by atoms with Gasteiger partial charge in [-0.3, -0.25) is 0 Å². The average Bonchev–Trinajstić information content (AvgIpc) is 2.84. The zero-order valence-electron chi connectivity index (χ0n) is 12.7. The van der Waals surface area contributed by atoms with Gasteiger partial charge in [0.1, 0.15) is 6.07 Å². The quantitative estimate of drug-likeness (QED) is 0.765. The molecule has 0 fully saturated rings. The molecule has 122 valence electrons. The van der Waals surface area contributed by atoms with Crippen LogP contribution in [-0.2, 0) is 10.0 Å². The molecule has 1 aromatic carbocycles. The topological polar surface area (TPSA) is 82.0 Å². The maximum Gasteiger partial charge on any atom is 0.241 e. The number of nitrogens with one attached hydrogen (secondary N) is 2. The number of sulfonamides is 1. The van der Waals surface area contributed by atoms with Gasteiger partial charge in [-0.2, -0.15) is 5.26 Å². The lowest BCUT2D eigenvalue weighted by Gasteiger charge is -2.11. The molecular weight excluding hydrogens is 354 g/mol. The number of thiophene rings is 1. The van der Waals surface area contributed by atoms with Crippen LogP contribution in [0.4, 0.5) is 5.69 Å². The highest BCUT2D eigenvalue weighted by molar-refractivity contribution is 7.89. The van der Waals surface area contributed by atoms with Crippen LogP contribution in [0.2, 0.25) is 5.02 Å². The summed E-state index contributed by atoms with van der Waals surface area (Å²) in [5, 5.41) is 12.5. The summed E-state index contributed by atoms with van der Waals surface area (Å²) in [6.07, 6.45) is 0. The number of hydrogen-bond acceptors (Lipinski definition) is 5. The van der Waals surface area contributed by atoms with E-state index in [2.05, 4.69) is 10.0 Å². The van der Waals surface area contributed by atoms with Gasteiger partial charge in [0.25, 0.3) is 0 Å². The Balaban J connectivity index is 1.99. The maximum atomic E-state index is 12.3. The van der Waals surface area contributed by atoms with Gasteiger partial charge in [0.2, 0.25) is 10.0 Å². The molecule has 0 radical (unpaired) electrons. The van der Waals surface area contributed by atoms with Crippen molar-refractivity contribution >= 4 is 38.6 Å². The summed E-state index contributed by atoms with van der Waals surface area (Å²) in [4.78, 5) is 2.03. The van der Waals surface area contributed by atoms with Gasteiger partial charge in [-0.15, -0.1) is 11.3 Å². The van der Waals surface area contributed by atoms with Crippen molar-refractivity contribution in [2.75, 3.05) is 18.4 Å². The molecule has 5 nitrogen and oxygen atoms in total. The van der Waals surface area contributed by atoms with Crippen LogP contribution in [0.5, 0.6) is 0 Å². The van der Waals surface area contributed by atoms with E-state index in [-0.39, 0.29) is 6.54 Å². The lowest BCUT2D eigenvalue weighted by Crippen LogP contribution is -2.29. The van der Waals surface area contributed by atoms with E-state index in [0.717, 1.165) is 9.75 Å². The third-order valence-electron chi connectivity index (χ3n) is 3.14. The van der Waals surface area contributed by atoms with Crippen molar-refractivity contribution in [3.05, 3.63) is 44.6 Å². The molecular formula is C15H16ClN3O2S2. The van der Waals surface area contributed by atoms with E-state index in [1.807, 2.05) is 13.0 Å². The molecule has 0 saturated heterocycles. The van der Waals surface area contributed by atoms with Crippen molar-refractivity contribution in [2.24, 2.45) is 0 Å². The highest BCUT2D eigenvalue weighted by atomic mass is 35.5. The van der Waals surface area contributed by atoms with E-state index in [4.69, 9.17) is 16.9 Å². The molecule has 1 aromatic heterocycles. The molecule has 23 heavy (non-hydrogen) atoms. The molecule has 2 aromatic rings. The zero-order chi connectivity index (χ0) is 17.0. The third-order valence-corrected chi connectivity index (χ3v) is 6.14. The van der Waals surface area contributed by atoms with Crippen LogP contribution in [0.25, 0.3) is 0 Å². The number of nitriles is 1. The summed E-state index contributed by atoms with van der Waals surface area (Å²) < 4.78 is 27.1. The molecule has 0 bridgehead atoms. The minimum absolute atomic E-state index is 0.187. The standard InChI is InChI=1S/C15H16ClN3O2S2/c1-10-8-14(11(2)22-10)23(20,21)19-7-6-18-15-12(9-17)4-3-5-13(15)16/h3-5,8,18-19H,6-7H2,1-2H3. The van der Waals surface area contributed by atoms with Crippen LogP contribution in [0.1, 0.15) is 15.3 Å². The van der Waals surface area contributed by atoms with Crippen LogP contribution >= 0.6 is 22.9 Å². The minimum Gasteiger partial charge on any atom is -0.381 e. The second-order valence-electron chi connectivity index (χ2n) is 4.88. The van der Waals surface area contributed by atoms with Gasteiger partial charge in [0, 0.05) is 22.8 Å². The Kier molecular flexibility index (Phi) is 5.65. The molecule has 8 heteroatoms. The fourth-order valence-corrected chi connectivity index (χ4v) is 4.95. The first-order chi connectivity index (χ1) is 10.8. The molecule has 0 saturated carbocycles. The van der Waals surface area contributed by atoms with Crippen molar-refractivity contribution in [1.82, 2.24) is 4.72 Å². The van der Waals surface area contributed by atoms with E-state index < -0.39 is 10.0 Å². The van der Waals surface area contributed by atoms with Crippen molar-refractivity contribution in [2.45, 2.75) is 18.7 Å². The summed E-state index contributed by atoms with van der Waals surface area (Å²) in [7, 11) is -3.53. The van der Waals surface area contributed by atoms with E-state index >= 15 is 0 Å². The van der Waals surface area contributed by atoms with Gasteiger partial charge in [-0.25, -0.2) is 13.1 Å². The number of aryl methyl sites for hydroxylation is 2. The number of nitrogens with zero attached hydrogens (tertiary/aromatic N) is 1. The summed E-state index contributed by atoms with van der Waals surface area (Å²) >= 11 is 7.50. The van der Waals surface area contributed by atoms with E-state index in [9.17, 15) is 8.42 Å². The fraction of sp³-hybridized carbons (Fsp3) is 0.267. The minimum atomic E-state index is -3.53. The molecule has 0 spiro atoms. The molecule has 0 aliphatic rings. The molecule has 2 N–H and O–H groups in total. The van der Waals surface area contributed by atoms with E-state index in [1.165, 1.54) is 11.3 Å². The van der Waals surface area contributed by atoms with Gasteiger partial charge in [-0.1, -0.05) is 17.7 Å². The van der Waals surface area contributed by atoms with Crippen LogP contribution in [0.15, 0.2) is 29.2 Å². The van der Waals surface area contributed by atoms with Gasteiger partial charge >= 0.3 is 0 Å². The smallest absolute Gasteiger partial charge is 0.241 e. The summed E-state index contributed by atoms with van der Waals surface area (Å²) in [6, 6.07) is 8.72. The molecule has 0 aliphatic heterocycles. The summed E-state index contributed by atoms with van der Waals surface area (Å²) in [5.74, 6) is 0. The van der Waals surface area contributed by atoms with Crippen molar-refractivity contribution in [1.29, 1.82) is 5.26 Å². The zero-order valence-corrected chi connectivity index (χ0v) is 15.1. The highest BCUT2D eigenvalue weighted by Gasteiger charge is 2.18. The fourth-order valence-electron chi connectivity index (χ4n) is 2.12. The third kappa shape index (κ3) is 4.24. The lowest BCUT2D eigenvalue weighted by molar-refractivity contribution is 0.582. The number of rotatable bonds is 6. The number of anilines is 1. The van der Waals surface area contributed by atoms with Crippen molar-refractivity contribution in [3.8, 4) is 6.07 Å². The van der Waals surface area contributed by atoms with Crippen LogP contribution in [0.3, 0.4) is 0 Å². The predicted molar refractivity (Wildman–Crippen MR) is 93.6 cm³/mol. The van der Waals surface area contributed by atoms with E-state index in [1.54, 1.807) is 31.2 Å². The highest BCUT2D eigenvalue weighted by Crippen LogP contribution is 2.26. The average molecular weight is 370 g/mol. The summed E-state index contributed by atoms with van der Waals surface area (Å²) in [6.45, 7) is 4.17. The monoisotopic (exact) mass is 369 g/mol. The van der Waals surface area contributed by atoms with Gasteiger partial charge < -0.3 is 5.32 Å². The maximum absolute atomic E-state index is 12.3. The molecule has 2 rings (SSSR count). The van der Waals surface area contributed by atoms with Gasteiger partial charge in [0.05, 0.1) is 21.2 Å². The largest absolute Gasteiger partial charge is 0.381 e. The molecule has 1 heterocycles. The number of para-hydroxylation sites is 1. The second-order valence-corrected chi connectivity index (χ2v) is 8.48. The Morgan fingerprint density at radius 1 is 1.30 bits per heavy atom. The summed E-state index contributed by atoms with van der Waals surface area (Å²) in [5.41, 5.74) is 0.933. The first-order valence-corrected chi connectivity index (χ1v) is 9.52. The first-order valence-electron chi connectivity index (χ1n) is 6.84. The Morgan fingerprint density at radius 3 is 2.65 bits per heavy atom. The van der Waals surface area contributed by atoms with Crippen molar-refractivity contribution in [3.63, 3.8) is 0 Å². The Morgan fingerprint density at radius 2 is 2.04 bits per heavy atom. The SMILES string of the molecule is Cc1cc(S(=O)(=O)NCCNc2c(Cl)cccc2C#N)c(C)s1. The Hall–Kier alpha value is -1.59. The number of hydrogen-bond donors (Lipinski definition) is 2. The second kappa shape index (κ2) is 7.32. The van der Waals surface area contributed by atoms with Gasteiger partial charge in [0.15, 0.2) is 0 Å². The van der Waals surface area contributed by atoms with Gasteiger partial charge in [-0.05, 0) is 32.0 Å². The normalized spacial score (nSPS) is 11.2. The van der Waals surface area contributed by atoms with Crippen LogP contribution < -0.4 is 10.0 Å². The number of halogens is 1. The molecule has 0 unspecified atom stereocenters. The first kappa shape index (κ1) is 17.8. The molecule has 0 atom stereocenters. The van der Waals surface area contributed by atoms with Crippen LogP contribution in [-0.4, -0.2) is 21.5 Å². The Bertz CT molecular complexity index is 854. The van der Waals surface area contributed by atoms with Crippen molar-refractivity contribution < 1.29 is 8.42 Å². The predicted octanol–water partition coefficient (Wildman–Crippen LogP) is 3.28. The Labute approximate surface area is 145 Å². The number of benzene rings is 1. The molecule has 0 aliphatic carbocycles.